The van der Waals surface area contributed by atoms with Gasteiger partial charge in [0.05, 0.1) is 16.5 Å². The summed E-state index contributed by atoms with van der Waals surface area (Å²) in [6, 6.07) is 11.4. The zero-order valence-electron chi connectivity index (χ0n) is 17.3. The molecule has 1 saturated heterocycles. The Bertz CT molecular complexity index is 1270. The molecular weight excluding hydrogens is 426 g/mol. The molecule has 3 N–H and O–H groups in total. The second-order valence-corrected chi connectivity index (χ2v) is 8.98. The fourth-order valence-corrected chi connectivity index (χ4v) is 4.54. The molecule has 2 aliphatic rings. The monoisotopic (exact) mass is 447 g/mol. The Kier molecular flexibility index (Phi) is 4.51. The van der Waals surface area contributed by atoms with Gasteiger partial charge in [-0.15, -0.1) is 0 Å². The summed E-state index contributed by atoms with van der Waals surface area (Å²) in [5.74, 6) is 1.58. The van der Waals surface area contributed by atoms with Crippen LogP contribution in [0, 0.1) is 0 Å². The van der Waals surface area contributed by atoms with Crippen LogP contribution in [-0.2, 0) is 0 Å². The first-order valence-electron chi connectivity index (χ1n) is 10.7. The molecule has 6 rings (SSSR count). The molecule has 0 amide bonds. The van der Waals surface area contributed by atoms with E-state index >= 15 is 0 Å². The van der Waals surface area contributed by atoms with E-state index < -0.39 is 0 Å². The van der Waals surface area contributed by atoms with Crippen molar-refractivity contribution in [3.05, 3.63) is 53.9 Å². The van der Waals surface area contributed by atoms with E-state index in [-0.39, 0.29) is 6.04 Å². The van der Waals surface area contributed by atoms with Gasteiger partial charge in [-0.2, -0.15) is 5.10 Å². The molecule has 8 nitrogen and oxygen atoms in total. The maximum absolute atomic E-state index is 6.27. The van der Waals surface area contributed by atoms with Crippen LogP contribution >= 0.6 is 11.6 Å². The van der Waals surface area contributed by atoms with Crippen LogP contribution in [-0.4, -0.2) is 36.8 Å². The second-order valence-electron chi connectivity index (χ2n) is 8.55. The van der Waals surface area contributed by atoms with E-state index in [1.54, 1.807) is 18.3 Å². The van der Waals surface area contributed by atoms with Gasteiger partial charge < -0.3 is 15.8 Å². The number of pyridine rings is 1. The van der Waals surface area contributed by atoms with Crippen molar-refractivity contribution in [2.45, 2.75) is 37.3 Å². The number of nitrogens with one attached hydrogen (secondary N) is 1. The highest BCUT2D eigenvalue weighted by atomic mass is 35.5. The summed E-state index contributed by atoms with van der Waals surface area (Å²) in [5, 5.41) is 10.0. The summed E-state index contributed by atoms with van der Waals surface area (Å²) in [7, 11) is 0. The maximum Gasteiger partial charge on any atom is 0.219 e. The number of aromatic nitrogens is 5. The number of anilines is 1. The molecular formula is C23H22ClN7O. The third-order valence-electron chi connectivity index (χ3n) is 6.44. The van der Waals surface area contributed by atoms with Crippen LogP contribution in [0.5, 0.6) is 11.6 Å². The molecule has 9 heteroatoms. The Hall–Kier alpha value is -3.23. The lowest BCUT2D eigenvalue weighted by molar-refractivity contribution is 0.285. The highest BCUT2D eigenvalue weighted by Crippen LogP contribution is 2.44. The SMILES string of the molecule is Nc1ncnc2c1c(-c1ccc(Oc3ccc(Cl)cn3)cc1)nn2C1CCC2(CC2)NC1. The van der Waals surface area contributed by atoms with Gasteiger partial charge in [0.15, 0.2) is 5.65 Å². The molecule has 1 aromatic carbocycles. The number of halogens is 1. The van der Waals surface area contributed by atoms with Crippen LogP contribution in [0.25, 0.3) is 22.3 Å². The van der Waals surface area contributed by atoms with Crippen molar-refractivity contribution in [1.82, 2.24) is 30.0 Å². The van der Waals surface area contributed by atoms with Crippen molar-refractivity contribution in [2.75, 3.05) is 12.3 Å². The zero-order valence-corrected chi connectivity index (χ0v) is 18.1. The van der Waals surface area contributed by atoms with Crippen LogP contribution in [0.1, 0.15) is 31.7 Å². The lowest BCUT2D eigenvalue weighted by atomic mass is 9.99. The summed E-state index contributed by atoms with van der Waals surface area (Å²) in [6.45, 7) is 0.890. The highest BCUT2D eigenvalue weighted by molar-refractivity contribution is 6.30. The third kappa shape index (κ3) is 3.45. The van der Waals surface area contributed by atoms with Gasteiger partial charge >= 0.3 is 0 Å². The first-order valence-corrected chi connectivity index (χ1v) is 11.1. The van der Waals surface area contributed by atoms with Gasteiger partial charge in [-0.1, -0.05) is 11.6 Å². The summed E-state index contributed by atoms with van der Waals surface area (Å²) in [4.78, 5) is 12.9. The fraction of sp³-hybridized carbons (Fsp3) is 0.304. The minimum absolute atomic E-state index is 0.241. The van der Waals surface area contributed by atoms with Crippen LogP contribution in [0.15, 0.2) is 48.9 Å². The predicted octanol–water partition coefficient (Wildman–Crippen LogP) is 4.37. The molecule has 1 aliphatic heterocycles. The smallest absolute Gasteiger partial charge is 0.219 e. The lowest BCUT2D eigenvalue weighted by Gasteiger charge is -2.30. The number of hydrogen-bond donors (Lipinski definition) is 2. The molecule has 1 atom stereocenters. The molecule has 1 saturated carbocycles. The minimum atomic E-state index is 0.241. The maximum atomic E-state index is 6.27. The average Bonchev–Trinajstić information content (AvgIpc) is 3.45. The number of ether oxygens (including phenoxy) is 1. The van der Waals surface area contributed by atoms with Gasteiger partial charge in [-0.05, 0) is 56.0 Å². The first-order chi connectivity index (χ1) is 15.6. The molecule has 32 heavy (non-hydrogen) atoms. The number of nitrogens with two attached hydrogens (primary N) is 1. The number of rotatable bonds is 4. The van der Waals surface area contributed by atoms with Crippen LogP contribution in [0.3, 0.4) is 0 Å². The van der Waals surface area contributed by atoms with Gasteiger partial charge in [0.1, 0.15) is 23.6 Å². The summed E-state index contributed by atoms with van der Waals surface area (Å²) in [6.07, 6.45) is 7.86. The Balaban J connectivity index is 1.33. The van der Waals surface area contributed by atoms with E-state index in [0.717, 1.165) is 35.3 Å². The van der Waals surface area contributed by atoms with E-state index in [1.165, 1.54) is 25.6 Å². The van der Waals surface area contributed by atoms with E-state index in [0.29, 0.717) is 28.0 Å². The van der Waals surface area contributed by atoms with Gasteiger partial charge in [0.2, 0.25) is 5.88 Å². The van der Waals surface area contributed by atoms with E-state index in [2.05, 4.69) is 20.3 Å². The first kappa shape index (κ1) is 19.5. The van der Waals surface area contributed by atoms with E-state index in [1.807, 2.05) is 28.9 Å². The Morgan fingerprint density at radius 1 is 1.06 bits per heavy atom. The lowest BCUT2D eigenvalue weighted by Crippen LogP contribution is -2.41. The highest BCUT2D eigenvalue weighted by Gasteiger charge is 2.45. The molecule has 2 fully saturated rings. The Labute approximate surface area is 189 Å². The van der Waals surface area contributed by atoms with E-state index in [9.17, 15) is 0 Å². The average molecular weight is 448 g/mol. The fourth-order valence-electron chi connectivity index (χ4n) is 4.43. The molecule has 4 aromatic rings. The van der Waals surface area contributed by atoms with Crippen LogP contribution in [0.2, 0.25) is 5.02 Å². The van der Waals surface area contributed by atoms with Crippen molar-refractivity contribution in [3.8, 4) is 22.9 Å². The number of hydrogen-bond acceptors (Lipinski definition) is 7. The largest absolute Gasteiger partial charge is 0.439 e. The van der Waals surface area contributed by atoms with Gasteiger partial charge in [-0.3, -0.25) is 0 Å². The molecule has 162 valence electrons. The number of benzene rings is 1. The second kappa shape index (κ2) is 7.43. The van der Waals surface area contributed by atoms with Crippen molar-refractivity contribution >= 4 is 28.5 Å². The standard InChI is InChI=1S/C23H22ClN7O/c24-15-3-6-18(26-11-15)32-17-4-1-14(2-5-17)20-19-21(25)27-13-28-22(19)31(30-20)16-7-8-23(9-10-23)29-12-16/h1-6,11,13,16,29H,7-10,12H2,(H2,25,27,28). The number of fused-ring (bicyclic) bond motifs is 1. The predicted molar refractivity (Wildman–Crippen MR) is 123 cm³/mol. The summed E-state index contributed by atoms with van der Waals surface area (Å²) >= 11 is 5.89. The van der Waals surface area contributed by atoms with Gasteiger partial charge in [0, 0.05) is 29.9 Å². The van der Waals surface area contributed by atoms with Crippen molar-refractivity contribution in [3.63, 3.8) is 0 Å². The molecule has 3 aromatic heterocycles. The van der Waals surface area contributed by atoms with Crippen molar-refractivity contribution < 1.29 is 4.74 Å². The number of nitrogens with zero attached hydrogens (tertiary/aromatic N) is 5. The van der Waals surface area contributed by atoms with E-state index in [4.69, 9.17) is 27.2 Å². The number of nitrogen functional groups attached to an aromatic ring is 1. The molecule has 4 heterocycles. The van der Waals surface area contributed by atoms with Crippen LogP contribution < -0.4 is 15.8 Å². The topological polar surface area (TPSA) is 104 Å². The number of piperidine rings is 1. The van der Waals surface area contributed by atoms with Gasteiger partial charge in [-0.25, -0.2) is 19.6 Å². The Morgan fingerprint density at radius 3 is 2.59 bits per heavy atom. The molecule has 0 bridgehead atoms. The quantitative estimate of drug-likeness (QED) is 0.478. The summed E-state index contributed by atoms with van der Waals surface area (Å²) in [5.41, 5.74) is 9.13. The molecule has 0 radical (unpaired) electrons. The summed E-state index contributed by atoms with van der Waals surface area (Å²) < 4.78 is 7.83. The third-order valence-corrected chi connectivity index (χ3v) is 6.66. The Morgan fingerprint density at radius 2 is 1.91 bits per heavy atom. The normalized spacial score (nSPS) is 19.3. The molecule has 1 aliphatic carbocycles. The minimum Gasteiger partial charge on any atom is -0.439 e. The van der Waals surface area contributed by atoms with Crippen molar-refractivity contribution in [1.29, 1.82) is 0 Å². The van der Waals surface area contributed by atoms with Gasteiger partial charge in [0.25, 0.3) is 0 Å². The van der Waals surface area contributed by atoms with Crippen molar-refractivity contribution in [2.24, 2.45) is 0 Å². The molecule has 1 unspecified atom stereocenters. The molecule has 1 spiro atoms. The van der Waals surface area contributed by atoms with Crippen LogP contribution in [0.4, 0.5) is 5.82 Å². The zero-order chi connectivity index (χ0) is 21.7.